The van der Waals surface area contributed by atoms with Crippen molar-refractivity contribution in [3.8, 4) is 11.6 Å². The molecular weight excluding hydrogens is 290 g/mol. The Morgan fingerprint density at radius 3 is 2.57 bits per heavy atom. The van der Waals surface area contributed by atoms with Crippen LogP contribution in [0.2, 0.25) is 0 Å². The number of methoxy groups -OCH3 is 1. The van der Waals surface area contributed by atoms with E-state index >= 15 is 0 Å². The minimum absolute atomic E-state index is 0.582. The average molecular weight is 313 g/mol. The zero-order chi connectivity index (χ0) is 16.1. The molecule has 1 fully saturated rings. The molecule has 1 aliphatic rings. The van der Waals surface area contributed by atoms with Gasteiger partial charge in [0.2, 0.25) is 11.8 Å². The third kappa shape index (κ3) is 4.12. The van der Waals surface area contributed by atoms with E-state index in [0.29, 0.717) is 11.8 Å². The predicted molar refractivity (Wildman–Crippen MR) is 90.2 cm³/mol. The van der Waals surface area contributed by atoms with Gasteiger partial charge in [0.05, 0.1) is 13.7 Å². The van der Waals surface area contributed by atoms with Gasteiger partial charge < -0.3 is 14.4 Å². The van der Waals surface area contributed by atoms with Crippen molar-refractivity contribution >= 4 is 5.95 Å². The van der Waals surface area contributed by atoms with Crippen LogP contribution in [0.5, 0.6) is 11.6 Å². The molecule has 1 aliphatic heterocycles. The van der Waals surface area contributed by atoms with Gasteiger partial charge in [-0.05, 0) is 37.8 Å². The number of hydrogen-bond donors (Lipinski definition) is 0. The number of ether oxygens (including phenoxy) is 2. The highest BCUT2D eigenvalue weighted by Crippen LogP contribution is 2.23. The summed E-state index contributed by atoms with van der Waals surface area (Å²) in [6.45, 7) is 4.65. The second-order valence-electron chi connectivity index (χ2n) is 5.91. The van der Waals surface area contributed by atoms with Gasteiger partial charge >= 0.3 is 0 Å². The summed E-state index contributed by atoms with van der Waals surface area (Å²) in [6.07, 6.45) is 2.18. The third-order valence-electron chi connectivity index (χ3n) is 4.15. The zero-order valence-corrected chi connectivity index (χ0v) is 13.7. The summed E-state index contributed by atoms with van der Waals surface area (Å²) in [5.74, 6) is 2.92. The van der Waals surface area contributed by atoms with E-state index in [2.05, 4.69) is 14.9 Å². The van der Waals surface area contributed by atoms with Gasteiger partial charge in [0, 0.05) is 24.8 Å². The summed E-state index contributed by atoms with van der Waals surface area (Å²) in [7, 11) is 1.64. The lowest BCUT2D eigenvalue weighted by Gasteiger charge is -2.32. The molecule has 1 saturated heterocycles. The van der Waals surface area contributed by atoms with E-state index in [9.17, 15) is 0 Å². The number of aryl methyl sites for hydroxylation is 1. The highest BCUT2D eigenvalue weighted by atomic mass is 16.5. The summed E-state index contributed by atoms with van der Waals surface area (Å²) in [6, 6.07) is 11.9. The molecule has 1 aromatic carbocycles. The molecule has 0 saturated carbocycles. The molecule has 23 heavy (non-hydrogen) atoms. The van der Waals surface area contributed by atoms with E-state index in [0.717, 1.165) is 49.9 Å². The highest BCUT2D eigenvalue weighted by Gasteiger charge is 2.22. The Hall–Kier alpha value is -2.30. The molecule has 0 aliphatic carbocycles. The van der Waals surface area contributed by atoms with Crippen LogP contribution >= 0.6 is 0 Å². The molecular formula is C18H23N3O2. The van der Waals surface area contributed by atoms with Gasteiger partial charge in [-0.15, -0.1) is 0 Å². The molecule has 3 rings (SSSR count). The maximum Gasteiger partial charge on any atom is 0.228 e. The van der Waals surface area contributed by atoms with E-state index in [1.165, 1.54) is 0 Å². The highest BCUT2D eigenvalue weighted by molar-refractivity contribution is 5.34. The maximum absolute atomic E-state index is 5.87. The monoisotopic (exact) mass is 313 g/mol. The lowest BCUT2D eigenvalue weighted by Crippen LogP contribution is -2.36. The van der Waals surface area contributed by atoms with E-state index in [-0.39, 0.29) is 0 Å². The molecule has 0 spiro atoms. The normalized spacial score (nSPS) is 15.5. The molecule has 1 aromatic heterocycles. The minimum atomic E-state index is 0.582. The van der Waals surface area contributed by atoms with E-state index in [4.69, 9.17) is 9.47 Å². The smallest absolute Gasteiger partial charge is 0.228 e. The molecule has 5 nitrogen and oxygen atoms in total. The van der Waals surface area contributed by atoms with Crippen molar-refractivity contribution in [1.29, 1.82) is 0 Å². The molecule has 5 heteroatoms. The molecule has 2 heterocycles. The number of anilines is 1. The first-order chi connectivity index (χ1) is 11.2. The van der Waals surface area contributed by atoms with Crippen molar-refractivity contribution in [2.45, 2.75) is 19.8 Å². The molecule has 0 amide bonds. The molecule has 0 bridgehead atoms. The van der Waals surface area contributed by atoms with Crippen molar-refractivity contribution in [2.24, 2.45) is 5.92 Å². The van der Waals surface area contributed by atoms with Crippen LogP contribution in [-0.4, -0.2) is 36.8 Å². The first-order valence-corrected chi connectivity index (χ1v) is 8.07. The van der Waals surface area contributed by atoms with Gasteiger partial charge in [-0.2, -0.15) is 4.98 Å². The van der Waals surface area contributed by atoms with Crippen molar-refractivity contribution in [3.63, 3.8) is 0 Å². The molecule has 0 atom stereocenters. The first kappa shape index (κ1) is 15.6. The second-order valence-corrected chi connectivity index (χ2v) is 5.91. The Balaban J connectivity index is 1.53. The van der Waals surface area contributed by atoms with E-state index in [1.54, 1.807) is 7.11 Å². The van der Waals surface area contributed by atoms with Crippen LogP contribution in [0.15, 0.2) is 36.4 Å². The second kappa shape index (κ2) is 7.31. The Morgan fingerprint density at radius 1 is 1.13 bits per heavy atom. The van der Waals surface area contributed by atoms with Crippen molar-refractivity contribution in [1.82, 2.24) is 9.97 Å². The fourth-order valence-corrected chi connectivity index (χ4v) is 2.80. The number of rotatable bonds is 5. The van der Waals surface area contributed by atoms with E-state index < -0.39 is 0 Å². The third-order valence-corrected chi connectivity index (χ3v) is 4.15. The van der Waals surface area contributed by atoms with Crippen LogP contribution in [0.3, 0.4) is 0 Å². The number of para-hydroxylation sites is 1. The summed E-state index contributed by atoms with van der Waals surface area (Å²) in [4.78, 5) is 11.2. The van der Waals surface area contributed by atoms with Gasteiger partial charge in [-0.1, -0.05) is 18.2 Å². The van der Waals surface area contributed by atoms with Crippen LogP contribution in [0.4, 0.5) is 5.95 Å². The SMILES string of the molecule is COc1cc(C)nc(N2CCC(COc3ccccc3)CC2)n1. The van der Waals surface area contributed by atoms with Crippen LogP contribution in [0.25, 0.3) is 0 Å². The van der Waals surface area contributed by atoms with Crippen LogP contribution in [-0.2, 0) is 0 Å². The quantitative estimate of drug-likeness (QED) is 0.849. The Morgan fingerprint density at radius 2 is 1.87 bits per heavy atom. The first-order valence-electron chi connectivity index (χ1n) is 8.07. The summed E-state index contributed by atoms with van der Waals surface area (Å²) in [5, 5.41) is 0. The van der Waals surface area contributed by atoms with Crippen LogP contribution < -0.4 is 14.4 Å². The van der Waals surface area contributed by atoms with Gasteiger partial charge in [-0.25, -0.2) is 4.98 Å². The molecule has 0 radical (unpaired) electrons. The largest absolute Gasteiger partial charge is 0.493 e. The number of benzene rings is 1. The lowest BCUT2D eigenvalue weighted by molar-refractivity contribution is 0.222. The Labute approximate surface area is 137 Å². The van der Waals surface area contributed by atoms with Crippen LogP contribution in [0.1, 0.15) is 18.5 Å². The Bertz CT molecular complexity index is 625. The zero-order valence-electron chi connectivity index (χ0n) is 13.7. The predicted octanol–water partition coefficient (Wildman–Crippen LogP) is 3.09. The maximum atomic E-state index is 5.87. The average Bonchev–Trinajstić information content (AvgIpc) is 2.60. The van der Waals surface area contributed by atoms with Crippen molar-refractivity contribution < 1.29 is 9.47 Å². The van der Waals surface area contributed by atoms with Gasteiger partial charge in [0.1, 0.15) is 5.75 Å². The van der Waals surface area contributed by atoms with Crippen molar-refractivity contribution in [2.75, 3.05) is 31.7 Å². The standard InChI is InChI=1S/C18H23N3O2/c1-14-12-17(22-2)20-18(19-14)21-10-8-15(9-11-21)13-23-16-6-4-3-5-7-16/h3-7,12,15H,8-11,13H2,1-2H3. The van der Waals surface area contributed by atoms with Gasteiger partial charge in [0.25, 0.3) is 0 Å². The number of piperidine rings is 1. The molecule has 122 valence electrons. The summed E-state index contributed by atoms with van der Waals surface area (Å²) in [5.41, 5.74) is 0.932. The minimum Gasteiger partial charge on any atom is -0.493 e. The van der Waals surface area contributed by atoms with E-state index in [1.807, 2.05) is 43.3 Å². The summed E-state index contributed by atoms with van der Waals surface area (Å²) < 4.78 is 11.1. The fraction of sp³-hybridized carbons (Fsp3) is 0.444. The lowest BCUT2D eigenvalue weighted by atomic mass is 9.98. The number of nitrogens with zero attached hydrogens (tertiary/aromatic N) is 3. The number of hydrogen-bond acceptors (Lipinski definition) is 5. The Kier molecular flexibility index (Phi) is 4.95. The number of aromatic nitrogens is 2. The van der Waals surface area contributed by atoms with Gasteiger partial charge in [0.15, 0.2) is 0 Å². The molecule has 2 aromatic rings. The summed E-state index contributed by atoms with van der Waals surface area (Å²) >= 11 is 0. The molecule has 0 unspecified atom stereocenters. The van der Waals surface area contributed by atoms with Crippen molar-refractivity contribution in [3.05, 3.63) is 42.1 Å². The van der Waals surface area contributed by atoms with Gasteiger partial charge in [-0.3, -0.25) is 0 Å². The topological polar surface area (TPSA) is 47.5 Å². The van der Waals surface area contributed by atoms with Crippen LogP contribution in [0, 0.1) is 12.8 Å². The fourth-order valence-electron chi connectivity index (χ4n) is 2.80. The molecule has 0 N–H and O–H groups in total.